The summed E-state index contributed by atoms with van der Waals surface area (Å²) in [6.45, 7) is 6.22. The van der Waals surface area contributed by atoms with Crippen LogP contribution in [0.2, 0.25) is 5.02 Å². The van der Waals surface area contributed by atoms with Gasteiger partial charge in [0.05, 0.1) is 55.8 Å². The number of piperidine rings is 1. The van der Waals surface area contributed by atoms with Crippen molar-refractivity contribution in [2.75, 3.05) is 108 Å². The van der Waals surface area contributed by atoms with Crippen LogP contribution < -0.4 is 20.9 Å². The normalized spacial score (nSPS) is 15.9. The fraction of sp³-hybridized carbons (Fsp3) is 0.400. The Kier molecular flexibility index (Phi) is 16.2. The van der Waals surface area contributed by atoms with Gasteiger partial charge in [0, 0.05) is 88.8 Å². The van der Waals surface area contributed by atoms with E-state index < -0.39 is 35.5 Å². The number of ether oxygens (including phenoxy) is 3. The fourth-order valence-corrected chi connectivity index (χ4v) is 9.19. The van der Waals surface area contributed by atoms with Crippen LogP contribution in [0.25, 0.3) is 32.8 Å². The van der Waals surface area contributed by atoms with Crippen LogP contribution in [-0.2, 0) is 33.4 Å². The third-order valence-electron chi connectivity index (χ3n) is 12.6. The smallest absolute Gasteiger partial charge is 0.264 e. The summed E-state index contributed by atoms with van der Waals surface area (Å²) in [7, 11) is 1.67. The van der Waals surface area contributed by atoms with Crippen molar-refractivity contribution in [3.63, 3.8) is 0 Å². The second kappa shape index (κ2) is 22.8. The lowest BCUT2D eigenvalue weighted by Gasteiger charge is -2.36. The molecule has 2 fully saturated rings. The van der Waals surface area contributed by atoms with Gasteiger partial charge >= 0.3 is 0 Å². The van der Waals surface area contributed by atoms with Crippen molar-refractivity contribution in [1.29, 1.82) is 0 Å². The molecule has 8 rings (SSSR count). The van der Waals surface area contributed by atoms with Gasteiger partial charge in [0.15, 0.2) is 5.82 Å². The topological polar surface area (TPSA) is 225 Å². The van der Waals surface area contributed by atoms with Gasteiger partial charge in [-0.05, 0) is 53.1 Å². The van der Waals surface area contributed by atoms with Gasteiger partial charge in [-0.25, -0.2) is 9.37 Å². The van der Waals surface area contributed by atoms with Crippen molar-refractivity contribution in [2.45, 2.75) is 38.6 Å². The summed E-state index contributed by atoms with van der Waals surface area (Å²) in [6, 6.07) is 15.8. The molecule has 0 aliphatic carbocycles. The zero-order valence-corrected chi connectivity index (χ0v) is 40.2. The van der Waals surface area contributed by atoms with E-state index in [2.05, 4.69) is 20.9 Å². The van der Waals surface area contributed by atoms with Crippen LogP contribution in [0.3, 0.4) is 0 Å². The van der Waals surface area contributed by atoms with Crippen LogP contribution in [0.15, 0.2) is 60.7 Å². The lowest BCUT2D eigenvalue weighted by Crippen LogP contribution is -2.54. The Morgan fingerprint density at radius 1 is 0.845 bits per heavy atom. The minimum Gasteiger partial charge on any atom is -0.508 e. The van der Waals surface area contributed by atoms with Gasteiger partial charge in [-0.15, -0.1) is 0 Å². The first-order valence-electron chi connectivity index (χ1n) is 23.6. The number of fused-ring (bicyclic) bond motifs is 3. The van der Waals surface area contributed by atoms with Gasteiger partial charge in [-0.1, -0.05) is 48.9 Å². The number of phenolic OH excluding ortho intramolecular Hbond substituents is 1. The molecule has 4 heterocycles. The Bertz CT molecular complexity index is 2860. The maximum atomic E-state index is 17.0. The fourth-order valence-electron chi connectivity index (χ4n) is 8.90. The Hall–Kier alpha value is -7.00. The second-order valence-corrected chi connectivity index (χ2v) is 17.6. The molecule has 3 aliphatic heterocycles. The van der Waals surface area contributed by atoms with E-state index in [-0.39, 0.29) is 89.8 Å². The average molecular weight is 996 g/mol. The number of phenols is 1. The summed E-state index contributed by atoms with van der Waals surface area (Å²) >= 11 is 6.87. The van der Waals surface area contributed by atoms with Crippen molar-refractivity contribution in [2.24, 2.45) is 0 Å². The van der Waals surface area contributed by atoms with E-state index in [1.165, 1.54) is 12.1 Å². The molecule has 0 bridgehead atoms. The summed E-state index contributed by atoms with van der Waals surface area (Å²) in [5.41, 5.74) is 1.30. The molecule has 0 radical (unpaired) electrons. The third kappa shape index (κ3) is 11.3. The number of imide groups is 2. The molecule has 374 valence electrons. The molecule has 0 spiro atoms. The molecule has 21 heteroatoms. The molecule has 5 aromatic rings. The average Bonchev–Trinajstić information content (AvgIpc) is 3.62. The first kappa shape index (κ1) is 50.4. The molecule has 6 amide bonds. The zero-order chi connectivity index (χ0) is 50.2. The number of halogens is 2. The number of rotatable bonds is 21. The number of aromatic hydroxyl groups is 1. The molecule has 1 aromatic heterocycles. The molecule has 19 nitrogen and oxygen atoms in total. The molecule has 0 saturated carbocycles. The van der Waals surface area contributed by atoms with Crippen LogP contribution in [-0.4, -0.2) is 164 Å². The predicted octanol–water partition coefficient (Wildman–Crippen LogP) is 4.83. The number of aromatic nitrogens is 2. The Balaban J connectivity index is 0.770. The second-order valence-electron chi connectivity index (χ2n) is 17.2. The number of nitrogens with one attached hydrogen (secondary N) is 3. The quantitative estimate of drug-likeness (QED) is 0.0571. The van der Waals surface area contributed by atoms with E-state index in [0.29, 0.717) is 105 Å². The number of carbonyl (C=O) groups is 6. The van der Waals surface area contributed by atoms with Crippen molar-refractivity contribution in [1.82, 2.24) is 30.0 Å². The van der Waals surface area contributed by atoms with E-state index in [0.717, 1.165) is 4.90 Å². The number of anilines is 3. The SMILES string of the molecule is CCC(=O)N1CCN(c2nc(NCCC(=O)N(C)CCOCCOCCOCCNc3cccc4c3C(=O)N(C3CCC(=O)NC3=O)C4=O)nc3c(F)c(-c4cc(O)cc5ccccc45)c(Cl)cc23)CC1. The minimum absolute atomic E-state index is 0.0105. The summed E-state index contributed by atoms with van der Waals surface area (Å²) in [6.07, 6.45) is 0.592. The Morgan fingerprint density at radius 3 is 2.32 bits per heavy atom. The van der Waals surface area contributed by atoms with Gasteiger partial charge in [-0.3, -0.25) is 39.0 Å². The molecule has 71 heavy (non-hydrogen) atoms. The van der Waals surface area contributed by atoms with E-state index in [1.54, 1.807) is 41.1 Å². The van der Waals surface area contributed by atoms with Crippen molar-refractivity contribution >= 4 is 86.2 Å². The zero-order valence-electron chi connectivity index (χ0n) is 39.4. The maximum Gasteiger partial charge on any atom is 0.264 e. The van der Waals surface area contributed by atoms with Crippen molar-refractivity contribution < 1.29 is 52.5 Å². The Morgan fingerprint density at radius 2 is 1.58 bits per heavy atom. The van der Waals surface area contributed by atoms with Crippen LogP contribution in [0.1, 0.15) is 53.3 Å². The van der Waals surface area contributed by atoms with Gasteiger partial charge in [0.25, 0.3) is 11.8 Å². The first-order chi connectivity index (χ1) is 34.3. The Labute approximate surface area is 413 Å². The number of amides is 6. The number of carbonyl (C=O) groups excluding carboxylic acids is 6. The monoisotopic (exact) mass is 995 g/mol. The molecule has 2 saturated heterocycles. The van der Waals surface area contributed by atoms with Gasteiger partial charge < -0.3 is 44.7 Å². The van der Waals surface area contributed by atoms with E-state index in [9.17, 15) is 33.9 Å². The first-order valence-corrected chi connectivity index (χ1v) is 24.0. The summed E-state index contributed by atoms with van der Waals surface area (Å²) < 4.78 is 33.9. The summed E-state index contributed by atoms with van der Waals surface area (Å²) in [5, 5.41) is 20.9. The van der Waals surface area contributed by atoms with Crippen LogP contribution >= 0.6 is 11.6 Å². The maximum absolute atomic E-state index is 17.0. The lowest BCUT2D eigenvalue weighted by atomic mass is 9.96. The largest absolute Gasteiger partial charge is 0.508 e. The standard InChI is InChI=1S/C50H55ClFN9O10/c1-3-40(64)59-16-18-60(19-17-59)46-35-29-36(51)42(34-28-31(62)27-30-7-4-5-8-32(30)34)44(52)45(35)56-50(57-46)54-14-13-41(65)58(2)20-22-70-24-26-71-25-23-69-21-15-53-37-10-6-9-33-43(37)49(68)61(48(33)67)38-11-12-39(63)55-47(38)66/h4-10,27-29,38,53,62H,3,11-26H2,1-2H3,(H,54,56,57)(H,55,63,66). The molecule has 1 atom stereocenters. The molecule has 4 aromatic carbocycles. The highest BCUT2D eigenvalue weighted by molar-refractivity contribution is 6.35. The van der Waals surface area contributed by atoms with Gasteiger partial charge in [0.1, 0.15) is 23.1 Å². The number of likely N-dealkylation sites (N-methyl/N-ethyl adjacent to an activating group) is 1. The highest BCUT2D eigenvalue weighted by Crippen LogP contribution is 2.42. The predicted molar refractivity (Wildman–Crippen MR) is 263 cm³/mol. The molecular weight excluding hydrogens is 941 g/mol. The van der Waals surface area contributed by atoms with Crippen molar-refractivity contribution in [3.05, 3.63) is 82.6 Å². The highest BCUT2D eigenvalue weighted by atomic mass is 35.5. The molecular formula is C50H55ClFN9O10. The molecule has 3 aliphatic rings. The summed E-state index contributed by atoms with van der Waals surface area (Å²) in [5.74, 6) is -2.57. The summed E-state index contributed by atoms with van der Waals surface area (Å²) in [4.78, 5) is 91.5. The van der Waals surface area contributed by atoms with E-state index in [4.69, 9.17) is 30.8 Å². The van der Waals surface area contributed by atoms with Crippen LogP contribution in [0.5, 0.6) is 5.75 Å². The number of piperazine rings is 1. The molecule has 1 unspecified atom stereocenters. The van der Waals surface area contributed by atoms with Gasteiger partial charge in [-0.2, -0.15) is 4.98 Å². The minimum atomic E-state index is -1.05. The highest BCUT2D eigenvalue weighted by Gasteiger charge is 2.45. The number of benzene rings is 4. The van der Waals surface area contributed by atoms with E-state index in [1.807, 2.05) is 36.1 Å². The van der Waals surface area contributed by atoms with Gasteiger partial charge in [0.2, 0.25) is 29.6 Å². The third-order valence-corrected chi connectivity index (χ3v) is 12.9. The number of hydrogen-bond acceptors (Lipinski definition) is 15. The lowest BCUT2D eigenvalue weighted by molar-refractivity contribution is -0.136. The number of hydrogen-bond donors (Lipinski definition) is 4. The van der Waals surface area contributed by atoms with Crippen molar-refractivity contribution in [3.8, 4) is 16.9 Å². The van der Waals surface area contributed by atoms with Crippen LogP contribution in [0, 0.1) is 5.82 Å². The van der Waals surface area contributed by atoms with E-state index >= 15 is 4.39 Å². The van der Waals surface area contributed by atoms with Crippen LogP contribution in [0.4, 0.5) is 21.8 Å². The molecule has 4 N–H and O–H groups in total. The number of nitrogens with zero attached hydrogens (tertiary/aromatic N) is 6.